The third-order valence-corrected chi connectivity index (χ3v) is 4.56. The molecule has 0 N–H and O–H groups in total. The molecule has 0 bridgehead atoms. The van der Waals surface area contributed by atoms with Crippen molar-refractivity contribution >= 4 is 34.2 Å². The predicted molar refractivity (Wildman–Crippen MR) is 42.3 cm³/mol. The Balaban J connectivity index is 2.14. The number of hydrogen-bond donors (Lipinski definition) is 1. The van der Waals surface area contributed by atoms with Crippen LogP contribution in [0.3, 0.4) is 0 Å². The van der Waals surface area contributed by atoms with Gasteiger partial charge < -0.3 is 0 Å². The van der Waals surface area contributed by atoms with Gasteiger partial charge in [0, 0.05) is 16.8 Å². The first kappa shape index (κ1) is 6.17. The van der Waals surface area contributed by atoms with Crippen LogP contribution in [-0.4, -0.2) is 16.8 Å². The highest BCUT2D eigenvalue weighted by atomic mass is 33.1. The summed E-state index contributed by atoms with van der Waals surface area (Å²) in [6.45, 7) is 0. The Morgan fingerprint density at radius 2 is 2.57 bits per heavy atom. The van der Waals surface area contributed by atoms with Gasteiger partial charge in [-0.2, -0.15) is 12.6 Å². The van der Waals surface area contributed by atoms with Gasteiger partial charge >= 0.3 is 0 Å². The summed E-state index contributed by atoms with van der Waals surface area (Å²) >= 11 is 4.18. The lowest BCUT2D eigenvalue weighted by molar-refractivity contribution is 0.949. The fourth-order valence-electron chi connectivity index (χ4n) is 0.494. The van der Waals surface area contributed by atoms with E-state index in [-0.39, 0.29) is 0 Å². The molecule has 1 atom stereocenters. The third kappa shape index (κ3) is 1.78. The van der Waals surface area contributed by atoms with E-state index in [9.17, 15) is 0 Å². The molecule has 3 heteroatoms. The van der Waals surface area contributed by atoms with Gasteiger partial charge in [-0.1, -0.05) is 21.6 Å². The Morgan fingerprint density at radius 1 is 1.71 bits per heavy atom. The second-order valence-electron chi connectivity index (χ2n) is 1.51. The Bertz CT molecular complexity index is 48.9. The molecule has 1 heterocycles. The second-order valence-corrected chi connectivity index (χ2v) is 4.66. The maximum absolute atomic E-state index is 4.18. The molecule has 1 unspecified atom stereocenters. The molecule has 1 saturated heterocycles. The van der Waals surface area contributed by atoms with E-state index in [0.717, 1.165) is 11.0 Å². The van der Waals surface area contributed by atoms with Gasteiger partial charge in [-0.15, -0.1) is 0 Å². The minimum absolute atomic E-state index is 0.841. The number of thiol groups is 1. The topological polar surface area (TPSA) is 0 Å². The molecule has 42 valence electrons. The van der Waals surface area contributed by atoms with E-state index in [0.29, 0.717) is 0 Å². The van der Waals surface area contributed by atoms with Crippen molar-refractivity contribution < 1.29 is 0 Å². The molecule has 7 heavy (non-hydrogen) atoms. The van der Waals surface area contributed by atoms with Crippen LogP contribution in [0.25, 0.3) is 0 Å². The summed E-state index contributed by atoms with van der Waals surface area (Å²) in [7, 11) is 3.96. The summed E-state index contributed by atoms with van der Waals surface area (Å²) in [5.74, 6) is 2.38. The van der Waals surface area contributed by atoms with Gasteiger partial charge in [-0.3, -0.25) is 0 Å². The van der Waals surface area contributed by atoms with E-state index in [1.165, 1.54) is 12.2 Å². The standard InChI is InChI=1S/C4H8S3/c5-3-4-1-2-6-7-4/h4-5H,1-3H2. The van der Waals surface area contributed by atoms with Crippen LogP contribution in [-0.2, 0) is 0 Å². The lowest BCUT2D eigenvalue weighted by Crippen LogP contribution is -1.96. The molecule has 1 fully saturated rings. The average molecular weight is 152 g/mol. The first-order chi connectivity index (χ1) is 3.43. The maximum Gasteiger partial charge on any atom is 0.0247 e. The molecular weight excluding hydrogens is 144 g/mol. The lowest BCUT2D eigenvalue weighted by atomic mass is 10.4. The minimum atomic E-state index is 0.841. The van der Waals surface area contributed by atoms with Gasteiger partial charge in [0.1, 0.15) is 0 Å². The van der Waals surface area contributed by atoms with E-state index >= 15 is 0 Å². The third-order valence-electron chi connectivity index (χ3n) is 0.931. The normalized spacial score (nSPS) is 31.3. The summed E-state index contributed by atoms with van der Waals surface area (Å²) in [5.41, 5.74) is 0. The van der Waals surface area contributed by atoms with Gasteiger partial charge in [0.25, 0.3) is 0 Å². The van der Waals surface area contributed by atoms with Crippen LogP contribution in [0.2, 0.25) is 0 Å². The van der Waals surface area contributed by atoms with Crippen molar-refractivity contribution in [2.75, 3.05) is 11.5 Å². The summed E-state index contributed by atoms with van der Waals surface area (Å²) in [6.07, 6.45) is 1.36. The van der Waals surface area contributed by atoms with Gasteiger partial charge in [0.05, 0.1) is 0 Å². The highest BCUT2D eigenvalue weighted by molar-refractivity contribution is 8.77. The van der Waals surface area contributed by atoms with Crippen LogP contribution >= 0.6 is 34.2 Å². The minimum Gasteiger partial charge on any atom is -0.178 e. The molecule has 0 amide bonds. The van der Waals surface area contributed by atoms with Crippen LogP contribution < -0.4 is 0 Å². The van der Waals surface area contributed by atoms with E-state index in [1.54, 1.807) is 0 Å². The molecule has 0 aromatic heterocycles. The van der Waals surface area contributed by atoms with E-state index in [4.69, 9.17) is 0 Å². The fourth-order valence-corrected chi connectivity index (χ4v) is 3.94. The molecule has 0 spiro atoms. The second kappa shape index (κ2) is 3.15. The van der Waals surface area contributed by atoms with E-state index < -0.39 is 0 Å². The van der Waals surface area contributed by atoms with Gasteiger partial charge in [0.2, 0.25) is 0 Å². The zero-order valence-corrected chi connectivity index (χ0v) is 6.49. The highest BCUT2D eigenvalue weighted by Gasteiger charge is 2.13. The molecule has 1 aliphatic heterocycles. The van der Waals surface area contributed by atoms with Crippen LogP contribution in [0.15, 0.2) is 0 Å². The number of rotatable bonds is 1. The van der Waals surface area contributed by atoms with Crippen molar-refractivity contribution in [1.29, 1.82) is 0 Å². The summed E-state index contributed by atoms with van der Waals surface area (Å²) < 4.78 is 0. The average Bonchev–Trinajstić information content (AvgIpc) is 2.14. The van der Waals surface area contributed by atoms with Crippen LogP contribution in [0.5, 0.6) is 0 Å². The smallest absolute Gasteiger partial charge is 0.0247 e. The van der Waals surface area contributed by atoms with Gasteiger partial charge in [-0.05, 0) is 6.42 Å². The van der Waals surface area contributed by atoms with E-state index in [1.807, 2.05) is 21.6 Å². The van der Waals surface area contributed by atoms with Crippen molar-refractivity contribution in [1.82, 2.24) is 0 Å². The first-order valence-electron chi connectivity index (χ1n) is 2.32. The monoisotopic (exact) mass is 152 g/mol. The van der Waals surface area contributed by atoms with E-state index in [2.05, 4.69) is 12.6 Å². The Morgan fingerprint density at radius 3 is 2.86 bits per heavy atom. The van der Waals surface area contributed by atoms with Crippen LogP contribution in [0.1, 0.15) is 6.42 Å². The Kier molecular flexibility index (Phi) is 2.78. The molecule has 0 aromatic carbocycles. The zero-order chi connectivity index (χ0) is 5.11. The fraction of sp³-hybridized carbons (Fsp3) is 1.00. The van der Waals surface area contributed by atoms with Gasteiger partial charge in [0.15, 0.2) is 0 Å². The highest BCUT2D eigenvalue weighted by Crippen LogP contribution is 2.37. The lowest BCUT2D eigenvalue weighted by Gasteiger charge is -1.97. The van der Waals surface area contributed by atoms with Crippen molar-refractivity contribution in [3.63, 3.8) is 0 Å². The zero-order valence-electron chi connectivity index (χ0n) is 3.96. The molecule has 0 radical (unpaired) electrons. The Hall–Kier alpha value is 1.05. The number of hydrogen-bond acceptors (Lipinski definition) is 3. The summed E-state index contributed by atoms with van der Waals surface area (Å²) in [4.78, 5) is 0. The largest absolute Gasteiger partial charge is 0.178 e. The summed E-state index contributed by atoms with van der Waals surface area (Å²) in [5, 5.41) is 0.841. The predicted octanol–water partition coefficient (Wildman–Crippen LogP) is 2.07. The first-order valence-corrected chi connectivity index (χ1v) is 5.34. The molecular formula is C4H8S3. The van der Waals surface area contributed by atoms with Crippen LogP contribution in [0.4, 0.5) is 0 Å². The quantitative estimate of drug-likeness (QED) is 0.451. The van der Waals surface area contributed by atoms with Crippen LogP contribution in [0, 0.1) is 0 Å². The molecule has 1 aliphatic rings. The molecule has 0 aromatic rings. The SMILES string of the molecule is SCC1CCSS1. The van der Waals surface area contributed by atoms with Crippen molar-refractivity contribution in [2.24, 2.45) is 0 Å². The molecule has 0 saturated carbocycles. The Labute approximate surface area is 57.6 Å². The molecule has 0 nitrogen and oxygen atoms in total. The van der Waals surface area contributed by atoms with Gasteiger partial charge in [-0.25, -0.2) is 0 Å². The molecule has 0 aliphatic carbocycles. The van der Waals surface area contributed by atoms with Crippen molar-refractivity contribution in [2.45, 2.75) is 11.7 Å². The maximum atomic E-state index is 4.18. The van der Waals surface area contributed by atoms with Crippen molar-refractivity contribution in [3.8, 4) is 0 Å². The summed E-state index contributed by atoms with van der Waals surface area (Å²) in [6, 6.07) is 0. The molecule has 1 rings (SSSR count). The van der Waals surface area contributed by atoms with Crippen molar-refractivity contribution in [3.05, 3.63) is 0 Å².